The molecule has 5 aliphatic heterocycles. The monoisotopic (exact) mass is 1070 g/mol. The summed E-state index contributed by atoms with van der Waals surface area (Å²) < 4.78 is 9.77. The summed E-state index contributed by atoms with van der Waals surface area (Å²) >= 11 is 0. The van der Waals surface area contributed by atoms with Crippen molar-refractivity contribution in [2.75, 3.05) is 0 Å². The molecule has 0 fully saturated rings. The molecule has 0 unspecified atom stereocenters. The van der Waals surface area contributed by atoms with E-state index in [9.17, 15) is 0 Å². The number of rotatable bonds is 32. The molecule has 0 saturated carbocycles. The van der Waals surface area contributed by atoms with Gasteiger partial charge in [0.2, 0.25) is 22.8 Å². The minimum absolute atomic E-state index is 0.905. The van der Waals surface area contributed by atoms with Crippen LogP contribution in [-0.4, -0.2) is 22.8 Å². The molecule has 0 saturated heterocycles. The summed E-state index contributed by atoms with van der Waals surface area (Å²) in [4.78, 5) is 23.1. The Morgan fingerprint density at radius 1 is 0.250 bits per heavy atom. The van der Waals surface area contributed by atoms with Gasteiger partial charge in [-0.3, -0.25) is 0 Å². The van der Waals surface area contributed by atoms with E-state index in [2.05, 4.69) is 192 Å². The fourth-order valence-corrected chi connectivity index (χ4v) is 12.0. The lowest BCUT2D eigenvalue weighted by Gasteiger charge is -2.12. The Bertz CT molecular complexity index is 2740. The SMILES string of the molecule is CCCCCCCC[n+]1ccccc1C1=C2C=CC(=N2)C(c2cccc[n+]2CCCCCCCC)=C2C=CC(=N2)C(c2cccc[n+]2CCCCCCCC)=C2C=CC(=N2)C(c2cccc[n+]2CCCCCCCC)=C2C=CC1=N2. The minimum atomic E-state index is 0.905. The number of unbranched alkanes of at least 4 members (excludes halogenated alkanes) is 20. The lowest BCUT2D eigenvalue weighted by molar-refractivity contribution is -0.699. The quantitative estimate of drug-likeness (QED) is 0.0346. The molecule has 8 bridgehead atoms. The van der Waals surface area contributed by atoms with E-state index in [0.717, 1.165) is 143 Å². The molecular weight excluding hydrogens is 977 g/mol. The maximum absolute atomic E-state index is 5.77. The van der Waals surface area contributed by atoms with Crippen LogP contribution in [0.25, 0.3) is 22.3 Å². The predicted octanol–water partition coefficient (Wildman–Crippen LogP) is 16.3. The van der Waals surface area contributed by atoms with Gasteiger partial charge in [0.15, 0.2) is 24.8 Å². The molecule has 5 aliphatic rings. The average Bonchev–Trinajstić information content (AvgIpc) is 4.44. The van der Waals surface area contributed by atoms with Crippen LogP contribution in [0.4, 0.5) is 0 Å². The number of pyridine rings is 4. The Morgan fingerprint density at radius 3 is 0.688 bits per heavy atom. The summed E-state index contributed by atoms with van der Waals surface area (Å²) in [5.74, 6) is 0. The first kappa shape index (κ1) is 57.9. The van der Waals surface area contributed by atoms with E-state index in [1.54, 1.807) is 0 Å². The first-order valence-corrected chi connectivity index (χ1v) is 31.6. The van der Waals surface area contributed by atoms with E-state index in [-0.39, 0.29) is 0 Å². The highest BCUT2D eigenvalue weighted by Gasteiger charge is 2.34. The molecule has 8 nitrogen and oxygen atoms in total. The van der Waals surface area contributed by atoms with Gasteiger partial charge in [-0.15, -0.1) is 0 Å². The van der Waals surface area contributed by atoms with Gasteiger partial charge in [0.05, 0.1) is 67.9 Å². The fourth-order valence-electron chi connectivity index (χ4n) is 12.0. The summed E-state index contributed by atoms with van der Waals surface area (Å²) in [6.07, 6.45) is 56.6. The fraction of sp³-hybridized carbons (Fsp3) is 0.444. The van der Waals surface area contributed by atoms with Gasteiger partial charge in [-0.2, -0.15) is 18.3 Å². The van der Waals surface area contributed by atoms with Crippen LogP contribution in [0.1, 0.15) is 205 Å². The Balaban J connectivity index is 1.25. The van der Waals surface area contributed by atoms with E-state index in [1.165, 1.54) is 128 Å². The van der Waals surface area contributed by atoms with Gasteiger partial charge in [-0.1, -0.05) is 130 Å². The molecule has 4 aromatic heterocycles. The lowest BCUT2D eigenvalue weighted by Crippen LogP contribution is -2.39. The topological polar surface area (TPSA) is 65.0 Å². The van der Waals surface area contributed by atoms with Gasteiger partial charge in [-0.05, 0) is 98.6 Å². The zero-order valence-electron chi connectivity index (χ0n) is 49.2. The van der Waals surface area contributed by atoms with Crippen molar-refractivity contribution in [3.8, 4) is 0 Å². The molecule has 4 aromatic rings. The van der Waals surface area contributed by atoms with Crippen molar-refractivity contribution in [3.05, 3.63) is 192 Å². The highest BCUT2D eigenvalue weighted by atomic mass is 15.0. The highest BCUT2D eigenvalue weighted by molar-refractivity contribution is 6.39. The van der Waals surface area contributed by atoms with Crippen LogP contribution >= 0.6 is 0 Å². The highest BCUT2D eigenvalue weighted by Crippen LogP contribution is 2.37. The van der Waals surface area contributed by atoms with Gasteiger partial charge in [0.1, 0.15) is 26.2 Å². The summed E-state index contributed by atoms with van der Waals surface area (Å²) in [5, 5.41) is 0. The first-order chi connectivity index (χ1) is 39.6. The summed E-state index contributed by atoms with van der Waals surface area (Å²) in [5.41, 5.74) is 15.8. The zero-order chi connectivity index (χ0) is 55.1. The second-order valence-corrected chi connectivity index (χ2v) is 22.6. The molecule has 8 heteroatoms. The standard InChI is InChI=1S/C72H92N8/c1-5-9-13-17-21-29-49-77-53-33-25-37-65(77)69-57-41-43-59(73-57)70(66-38-26-34-54-78(66)50-30-22-18-14-10-6-2)61-45-47-63(75-61)72(68-40-28-36-56-80(68)52-32-24-20-16-12-8-4)64-48-46-62(76-64)71(60-44-42-58(69)74-60)67-39-27-35-55-79(67)51-31-23-19-15-11-7-3/h25-28,33-48,53-56H,5-24,29-32,49-52H2,1-4H3/q+4. The predicted molar refractivity (Wildman–Crippen MR) is 334 cm³/mol. The Kier molecular flexibility index (Phi) is 22.2. The molecule has 0 spiro atoms. The Labute approximate surface area is 480 Å². The minimum Gasteiger partial charge on any atom is -0.247 e. The van der Waals surface area contributed by atoms with E-state index in [4.69, 9.17) is 20.0 Å². The van der Waals surface area contributed by atoms with Crippen molar-refractivity contribution < 1.29 is 18.3 Å². The number of aromatic nitrogens is 4. The normalized spacial score (nSPS) is 15.6. The van der Waals surface area contributed by atoms with Crippen LogP contribution in [-0.2, 0) is 26.2 Å². The maximum Gasteiger partial charge on any atom is 0.216 e. The smallest absolute Gasteiger partial charge is 0.216 e. The van der Waals surface area contributed by atoms with Crippen LogP contribution in [0.2, 0.25) is 0 Å². The van der Waals surface area contributed by atoms with Crippen molar-refractivity contribution in [2.45, 2.75) is 208 Å². The molecule has 0 atom stereocenters. The van der Waals surface area contributed by atoms with E-state index in [0.29, 0.717) is 0 Å². The van der Waals surface area contributed by atoms with E-state index in [1.807, 2.05) is 0 Å². The molecule has 9 rings (SSSR count). The number of aryl methyl sites for hydroxylation is 4. The van der Waals surface area contributed by atoms with Crippen molar-refractivity contribution in [2.24, 2.45) is 20.0 Å². The van der Waals surface area contributed by atoms with E-state index < -0.39 is 0 Å². The number of fused-ring (bicyclic) bond motifs is 4. The Morgan fingerprint density at radius 2 is 0.463 bits per heavy atom. The molecule has 0 radical (unpaired) electrons. The van der Waals surface area contributed by atoms with Gasteiger partial charge in [0.25, 0.3) is 0 Å². The van der Waals surface area contributed by atoms with Crippen LogP contribution in [0, 0.1) is 0 Å². The molecule has 0 N–H and O–H groups in total. The molecule has 0 aromatic carbocycles. The third-order valence-electron chi connectivity index (χ3n) is 16.4. The summed E-state index contributed by atoms with van der Waals surface area (Å²) in [6, 6.07) is 26.5. The molecule has 80 heavy (non-hydrogen) atoms. The van der Waals surface area contributed by atoms with Gasteiger partial charge in [-0.25, -0.2) is 20.0 Å². The maximum atomic E-state index is 5.77. The van der Waals surface area contributed by atoms with Crippen LogP contribution in [0.5, 0.6) is 0 Å². The number of allylic oxidation sites excluding steroid dienone is 12. The molecule has 9 heterocycles. The van der Waals surface area contributed by atoms with Crippen molar-refractivity contribution in [1.82, 2.24) is 0 Å². The second-order valence-electron chi connectivity index (χ2n) is 22.6. The lowest BCUT2D eigenvalue weighted by atomic mass is 10.0. The average molecular weight is 1070 g/mol. The Hall–Kier alpha value is -6.80. The van der Waals surface area contributed by atoms with Crippen LogP contribution in [0.3, 0.4) is 0 Å². The number of hydrogen-bond acceptors (Lipinski definition) is 4. The van der Waals surface area contributed by atoms with Gasteiger partial charge < -0.3 is 0 Å². The van der Waals surface area contributed by atoms with Crippen molar-refractivity contribution >= 4 is 45.1 Å². The van der Waals surface area contributed by atoms with E-state index >= 15 is 0 Å². The molecule has 0 aliphatic carbocycles. The molecule has 416 valence electrons. The summed E-state index contributed by atoms with van der Waals surface area (Å²) in [6.45, 7) is 12.9. The third-order valence-corrected chi connectivity index (χ3v) is 16.4. The first-order valence-electron chi connectivity index (χ1n) is 31.6. The van der Waals surface area contributed by atoms with Gasteiger partial charge >= 0.3 is 0 Å². The zero-order valence-corrected chi connectivity index (χ0v) is 49.2. The number of hydrogen-bond donors (Lipinski definition) is 0. The van der Waals surface area contributed by atoms with Crippen molar-refractivity contribution in [1.29, 1.82) is 0 Å². The summed E-state index contributed by atoms with van der Waals surface area (Å²) in [7, 11) is 0. The number of aliphatic imine (C=N–C) groups is 4. The largest absolute Gasteiger partial charge is 0.247 e. The second kappa shape index (κ2) is 30.7. The number of nitrogens with zero attached hydrogens (tertiary/aromatic N) is 8. The van der Waals surface area contributed by atoms with Crippen molar-refractivity contribution in [3.63, 3.8) is 0 Å². The third kappa shape index (κ3) is 14.9. The molecular formula is C72H92N8+4. The van der Waals surface area contributed by atoms with Gasteiger partial charge in [0, 0.05) is 74.2 Å². The molecule has 0 amide bonds. The van der Waals surface area contributed by atoms with Crippen LogP contribution < -0.4 is 18.3 Å². The van der Waals surface area contributed by atoms with Crippen LogP contribution in [0.15, 0.2) is 189 Å².